The standard InChI is InChI=1S/C25H31NO2/c1-7-28-23(27)19-9-11-20(26-16-19)10-8-18-15-22-21(14-17(18)2)24(3,4)12-13-25(22,5)6/h8-11,14-16H,7,12-13H2,1-6H3. The first-order valence-electron chi connectivity index (χ1n) is 10.1. The third kappa shape index (κ3) is 4.04. The van der Waals surface area contributed by atoms with Gasteiger partial charge in [0.1, 0.15) is 0 Å². The van der Waals surface area contributed by atoms with Gasteiger partial charge in [-0.25, -0.2) is 4.79 Å². The minimum Gasteiger partial charge on any atom is -0.462 e. The third-order valence-corrected chi connectivity index (χ3v) is 5.97. The lowest BCUT2D eigenvalue weighted by molar-refractivity contribution is 0.0526. The van der Waals surface area contributed by atoms with Crippen molar-refractivity contribution in [3.8, 4) is 0 Å². The number of ether oxygens (including phenoxy) is 1. The van der Waals surface area contributed by atoms with Crippen molar-refractivity contribution in [2.45, 2.75) is 65.2 Å². The molecule has 1 aliphatic rings. The van der Waals surface area contributed by atoms with E-state index >= 15 is 0 Å². The number of hydrogen-bond donors (Lipinski definition) is 0. The molecule has 1 heterocycles. The lowest BCUT2D eigenvalue weighted by atomic mass is 9.62. The molecule has 0 aliphatic heterocycles. The third-order valence-electron chi connectivity index (χ3n) is 5.97. The molecule has 1 aromatic heterocycles. The van der Waals surface area contributed by atoms with Crippen LogP contribution in [0.15, 0.2) is 30.5 Å². The number of esters is 1. The summed E-state index contributed by atoms with van der Waals surface area (Å²) in [4.78, 5) is 16.1. The summed E-state index contributed by atoms with van der Waals surface area (Å²) in [6.07, 6.45) is 8.13. The summed E-state index contributed by atoms with van der Waals surface area (Å²) in [7, 11) is 0. The molecule has 0 amide bonds. The van der Waals surface area contributed by atoms with Crippen LogP contribution in [0, 0.1) is 6.92 Å². The van der Waals surface area contributed by atoms with Crippen LogP contribution in [-0.2, 0) is 15.6 Å². The molecule has 2 aromatic rings. The number of hydrogen-bond acceptors (Lipinski definition) is 3. The van der Waals surface area contributed by atoms with Gasteiger partial charge in [-0.2, -0.15) is 0 Å². The number of benzene rings is 1. The quantitative estimate of drug-likeness (QED) is 0.606. The summed E-state index contributed by atoms with van der Waals surface area (Å²) in [6.45, 7) is 13.7. The van der Waals surface area contributed by atoms with E-state index in [-0.39, 0.29) is 16.8 Å². The Morgan fingerprint density at radius 3 is 2.29 bits per heavy atom. The van der Waals surface area contributed by atoms with E-state index in [0.29, 0.717) is 12.2 Å². The van der Waals surface area contributed by atoms with Crippen LogP contribution in [0.2, 0.25) is 0 Å². The second kappa shape index (κ2) is 7.54. The molecule has 1 aliphatic carbocycles. The Morgan fingerprint density at radius 2 is 1.71 bits per heavy atom. The molecule has 0 radical (unpaired) electrons. The molecule has 0 bridgehead atoms. The Balaban J connectivity index is 1.90. The van der Waals surface area contributed by atoms with Gasteiger partial charge in [0.05, 0.1) is 17.9 Å². The van der Waals surface area contributed by atoms with Crippen LogP contribution in [0.3, 0.4) is 0 Å². The van der Waals surface area contributed by atoms with E-state index in [1.807, 2.05) is 12.1 Å². The molecule has 3 heteroatoms. The molecule has 0 fully saturated rings. The molecular formula is C25H31NO2. The molecule has 0 saturated heterocycles. The van der Waals surface area contributed by atoms with Gasteiger partial charge in [-0.1, -0.05) is 45.9 Å². The van der Waals surface area contributed by atoms with Crippen LogP contribution >= 0.6 is 0 Å². The van der Waals surface area contributed by atoms with Crippen LogP contribution in [-0.4, -0.2) is 17.6 Å². The Kier molecular flexibility index (Phi) is 5.47. The zero-order valence-corrected chi connectivity index (χ0v) is 17.9. The number of rotatable bonds is 4. The van der Waals surface area contributed by atoms with Crippen molar-refractivity contribution >= 4 is 18.1 Å². The van der Waals surface area contributed by atoms with Crippen LogP contribution in [0.4, 0.5) is 0 Å². The van der Waals surface area contributed by atoms with Gasteiger partial charge in [0.25, 0.3) is 0 Å². The van der Waals surface area contributed by atoms with Crippen molar-refractivity contribution in [2.24, 2.45) is 0 Å². The lowest BCUT2D eigenvalue weighted by Crippen LogP contribution is -2.34. The average Bonchev–Trinajstić information content (AvgIpc) is 2.65. The summed E-state index contributed by atoms with van der Waals surface area (Å²) < 4.78 is 5.00. The van der Waals surface area contributed by atoms with E-state index in [2.05, 4.69) is 57.8 Å². The van der Waals surface area contributed by atoms with E-state index in [1.54, 1.807) is 19.2 Å². The molecule has 28 heavy (non-hydrogen) atoms. The lowest BCUT2D eigenvalue weighted by Gasteiger charge is -2.42. The molecule has 0 N–H and O–H groups in total. The smallest absolute Gasteiger partial charge is 0.339 e. The first kappa shape index (κ1) is 20.3. The number of carbonyl (C=O) groups is 1. The monoisotopic (exact) mass is 377 g/mol. The maximum Gasteiger partial charge on any atom is 0.339 e. The minimum absolute atomic E-state index is 0.195. The van der Waals surface area contributed by atoms with E-state index in [9.17, 15) is 4.79 Å². The van der Waals surface area contributed by atoms with Gasteiger partial charge in [-0.3, -0.25) is 4.98 Å². The summed E-state index contributed by atoms with van der Waals surface area (Å²) in [5.74, 6) is -0.332. The fourth-order valence-electron chi connectivity index (χ4n) is 3.93. The fourth-order valence-corrected chi connectivity index (χ4v) is 3.93. The topological polar surface area (TPSA) is 39.2 Å². The second-order valence-electron chi connectivity index (χ2n) is 9.05. The van der Waals surface area contributed by atoms with Crippen molar-refractivity contribution in [1.29, 1.82) is 0 Å². The Labute approximate surface area is 168 Å². The van der Waals surface area contributed by atoms with Gasteiger partial charge < -0.3 is 4.74 Å². The van der Waals surface area contributed by atoms with Crippen LogP contribution in [0.5, 0.6) is 0 Å². The van der Waals surface area contributed by atoms with Gasteiger partial charge in [0, 0.05) is 6.20 Å². The molecule has 0 spiro atoms. The largest absolute Gasteiger partial charge is 0.462 e. The van der Waals surface area contributed by atoms with Crippen LogP contribution < -0.4 is 0 Å². The van der Waals surface area contributed by atoms with Crippen molar-refractivity contribution in [2.75, 3.05) is 6.61 Å². The number of aryl methyl sites for hydroxylation is 1. The van der Waals surface area contributed by atoms with E-state index in [1.165, 1.54) is 35.1 Å². The summed E-state index contributed by atoms with van der Waals surface area (Å²) >= 11 is 0. The Morgan fingerprint density at radius 1 is 1.07 bits per heavy atom. The normalized spacial score (nSPS) is 17.4. The highest BCUT2D eigenvalue weighted by atomic mass is 16.5. The molecular weight excluding hydrogens is 346 g/mol. The van der Waals surface area contributed by atoms with Gasteiger partial charge >= 0.3 is 5.97 Å². The summed E-state index contributed by atoms with van der Waals surface area (Å²) in [5, 5.41) is 0. The van der Waals surface area contributed by atoms with Gasteiger partial charge in [-0.15, -0.1) is 0 Å². The van der Waals surface area contributed by atoms with Gasteiger partial charge in [0.15, 0.2) is 0 Å². The van der Waals surface area contributed by atoms with Gasteiger partial charge in [0.2, 0.25) is 0 Å². The van der Waals surface area contributed by atoms with E-state index < -0.39 is 0 Å². The molecule has 0 unspecified atom stereocenters. The summed E-state index contributed by atoms with van der Waals surface area (Å²) in [5.41, 5.74) is 7.17. The zero-order chi connectivity index (χ0) is 20.5. The highest BCUT2D eigenvalue weighted by Crippen LogP contribution is 2.46. The second-order valence-corrected chi connectivity index (χ2v) is 9.05. The first-order chi connectivity index (χ1) is 13.1. The SMILES string of the molecule is CCOC(=O)c1ccc(C=Cc2cc3c(cc2C)C(C)(C)CCC3(C)C)nc1. The zero-order valence-electron chi connectivity index (χ0n) is 17.9. The van der Waals surface area contributed by atoms with Crippen molar-refractivity contribution in [3.05, 3.63) is 64.0 Å². The van der Waals surface area contributed by atoms with Crippen molar-refractivity contribution < 1.29 is 9.53 Å². The molecule has 148 valence electrons. The average molecular weight is 378 g/mol. The highest BCUT2D eigenvalue weighted by Gasteiger charge is 2.37. The fraction of sp³-hybridized carbons (Fsp3) is 0.440. The summed E-state index contributed by atoms with van der Waals surface area (Å²) in [6, 6.07) is 8.34. The number of pyridine rings is 1. The number of aromatic nitrogens is 1. The molecule has 0 saturated carbocycles. The van der Waals surface area contributed by atoms with E-state index in [0.717, 1.165) is 5.69 Å². The van der Waals surface area contributed by atoms with Crippen LogP contribution in [0.25, 0.3) is 12.2 Å². The molecule has 3 rings (SSSR count). The number of fused-ring (bicyclic) bond motifs is 1. The van der Waals surface area contributed by atoms with Crippen LogP contribution in [0.1, 0.15) is 85.8 Å². The predicted molar refractivity (Wildman–Crippen MR) is 116 cm³/mol. The molecule has 0 atom stereocenters. The minimum atomic E-state index is -0.332. The number of carbonyl (C=O) groups excluding carboxylic acids is 1. The van der Waals surface area contributed by atoms with E-state index in [4.69, 9.17) is 4.74 Å². The highest BCUT2D eigenvalue weighted by molar-refractivity contribution is 5.89. The van der Waals surface area contributed by atoms with Crippen molar-refractivity contribution in [1.82, 2.24) is 4.98 Å². The molecule has 3 nitrogen and oxygen atoms in total. The van der Waals surface area contributed by atoms with Gasteiger partial charge in [-0.05, 0) is 78.0 Å². The molecule has 1 aromatic carbocycles. The predicted octanol–water partition coefficient (Wildman–Crippen LogP) is 6.09. The van der Waals surface area contributed by atoms with Crippen molar-refractivity contribution in [3.63, 3.8) is 0 Å². The first-order valence-corrected chi connectivity index (χ1v) is 10.1. The number of nitrogens with zero attached hydrogens (tertiary/aromatic N) is 1. The Hall–Kier alpha value is -2.42. The maximum absolute atomic E-state index is 11.7. The maximum atomic E-state index is 11.7. The Bertz CT molecular complexity index is 905.